The maximum atomic E-state index is 11.5. The molecule has 0 bridgehead atoms. The first-order chi connectivity index (χ1) is 30.2. The van der Waals surface area contributed by atoms with Crippen LogP contribution in [-0.2, 0) is 21.4 Å². The van der Waals surface area contributed by atoms with E-state index >= 15 is 0 Å². The third kappa shape index (κ3) is 12.5. The number of aromatic nitrogens is 3. The van der Waals surface area contributed by atoms with Crippen LogP contribution in [0.2, 0.25) is 0 Å². The van der Waals surface area contributed by atoms with Crippen LogP contribution in [0.15, 0.2) is 73.2 Å². The van der Waals surface area contributed by atoms with E-state index in [2.05, 4.69) is 76.0 Å². The fourth-order valence-corrected chi connectivity index (χ4v) is 8.58. The van der Waals surface area contributed by atoms with Gasteiger partial charge in [0.2, 0.25) is 11.8 Å². The summed E-state index contributed by atoms with van der Waals surface area (Å²) in [6.07, 6.45) is 16.3. The SMILES string of the molecule is CC.CCC(C)c1ccc(OCCCCOCCCCN2CC3(CC(Oc4ccc(-c5ccc6c7cnccc7n(C)c6c5)cn4)C3)C2)cc1C=O.CNC(=O)C(C)CCC=O. The van der Waals surface area contributed by atoms with Crippen LogP contribution >= 0.6 is 0 Å². The fraction of sp³-hybridized carbons (Fsp3) is 0.510. The number of fused-ring (bicyclic) bond motifs is 3. The lowest BCUT2D eigenvalue weighted by molar-refractivity contribution is -0.124. The van der Waals surface area contributed by atoms with Crippen molar-refractivity contribution in [1.29, 1.82) is 0 Å². The van der Waals surface area contributed by atoms with Gasteiger partial charge >= 0.3 is 0 Å². The van der Waals surface area contributed by atoms with Crippen molar-refractivity contribution in [2.45, 2.75) is 104 Å². The number of benzene rings is 2. The molecule has 2 unspecified atom stereocenters. The van der Waals surface area contributed by atoms with Crippen molar-refractivity contribution in [2.75, 3.05) is 46.5 Å². The number of ether oxygens (including phenoxy) is 3. The highest BCUT2D eigenvalue weighted by Gasteiger charge is 2.53. The van der Waals surface area contributed by atoms with E-state index in [0.717, 1.165) is 98.9 Å². The molecule has 62 heavy (non-hydrogen) atoms. The molecule has 11 heteroatoms. The van der Waals surface area contributed by atoms with Crippen molar-refractivity contribution in [3.05, 3.63) is 84.3 Å². The minimum Gasteiger partial charge on any atom is -0.494 e. The average molecular weight is 848 g/mol. The molecule has 2 aliphatic rings. The van der Waals surface area contributed by atoms with Crippen LogP contribution in [0, 0.1) is 11.3 Å². The van der Waals surface area contributed by atoms with Crippen LogP contribution in [0.5, 0.6) is 11.6 Å². The predicted molar refractivity (Wildman–Crippen MR) is 249 cm³/mol. The summed E-state index contributed by atoms with van der Waals surface area (Å²) in [6.45, 7) is 15.8. The molecule has 334 valence electrons. The highest BCUT2D eigenvalue weighted by Crippen LogP contribution is 2.49. The van der Waals surface area contributed by atoms with Gasteiger partial charge in [0.15, 0.2) is 0 Å². The monoisotopic (exact) mass is 848 g/mol. The van der Waals surface area contributed by atoms with Gasteiger partial charge < -0.3 is 33.8 Å². The molecule has 2 fully saturated rings. The Morgan fingerprint density at radius 2 is 1.65 bits per heavy atom. The van der Waals surface area contributed by atoms with E-state index in [1.54, 1.807) is 7.05 Å². The van der Waals surface area contributed by atoms with Crippen molar-refractivity contribution in [3.8, 4) is 22.8 Å². The van der Waals surface area contributed by atoms with Crippen molar-refractivity contribution < 1.29 is 28.6 Å². The number of carbonyl (C=O) groups excluding carboxylic acids is 3. The van der Waals surface area contributed by atoms with Gasteiger partial charge in [0.25, 0.3) is 0 Å². The molecule has 1 spiro atoms. The van der Waals surface area contributed by atoms with E-state index in [1.807, 2.05) is 63.6 Å². The van der Waals surface area contributed by atoms with Gasteiger partial charge in [0.1, 0.15) is 24.4 Å². The summed E-state index contributed by atoms with van der Waals surface area (Å²) in [5, 5.41) is 4.92. The summed E-state index contributed by atoms with van der Waals surface area (Å²) >= 11 is 0. The number of aryl methyl sites for hydroxylation is 1. The summed E-state index contributed by atoms with van der Waals surface area (Å²) < 4.78 is 20.3. The fourth-order valence-electron chi connectivity index (χ4n) is 8.58. The average Bonchev–Trinajstić information content (AvgIpc) is 3.57. The topological polar surface area (TPSA) is 125 Å². The number of pyridine rings is 2. The third-order valence-electron chi connectivity index (χ3n) is 12.3. The van der Waals surface area contributed by atoms with Gasteiger partial charge in [-0.2, -0.15) is 0 Å². The number of unbranched alkanes of at least 4 members (excludes halogenated alkanes) is 2. The second kappa shape index (κ2) is 23.9. The van der Waals surface area contributed by atoms with Crippen LogP contribution < -0.4 is 14.8 Å². The van der Waals surface area contributed by atoms with E-state index in [4.69, 9.17) is 14.2 Å². The molecule has 1 aliphatic carbocycles. The first-order valence-corrected chi connectivity index (χ1v) is 22.8. The molecule has 2 aromatic carbocycles. The molecule has 1 N–H and O–H groups in total. The number of rotatable bonds is 21. The number of carbonyl (C=O) groups is 3. The van der Waals surface area contributed by atoms with Crippen LogP contribution in [0.4, 0.5) is 0 Å². The summed E-state index contributed by atoms with van der Waals surface area (Å²) in [5.74, 6) is 1.81. The van der Waals surface area contributed by atoms with Crippen molar-refractivity contribution >= 4 is 40.3 Å². The highest BCUT2D eigenvalue weighted by atomic mass is 16.5. The molecule has 1 saturated heterocycles. The number of hydrogen-bond donors (Lipinski definition) is 1. The Labute approximate surface area is 368 Å². The van der Waals surface area contributed by atoms with E-state index in [-0.39, 0.29) is 17.9 Å². The lowest BCUT2D eigenvalue weighted by Crippen LogP contribution is -2.64. The zero-order chi connectivity index (χ0) is 44.5. The Bertz CT molecular complexity index is 2170. The second-order valence-electron chi connectivity index (χ2n) is 16.8. The molecule has 4 heterocycles. The largest absolute Gasteiger partial charge is 0.494 e. The van der Waals surface area contributed by atoms with Crippen LogP contribution in [0.1, 0.15) is 114 Å². The van der Waals surface area contributed by atoms with Gasteiger partial charge in [-0.3, -0.25) is 14.6 Å². The Balaban J connectivity index is 0.000000534. The number of hydrogen-bond acceptors (Lipinski definition) is 9. The summed E-state index contributed by atoms with van der Waals surface area (Å²) in [7, 11) is 3.70. The Morgan fingerprint density at radius 3 is 2.34 bits per heavy atom. The summed E-state index contributed by atoms with van der Waals surface area (Å²) in [5.41, 5.74) is 6.90. The van der Waals surface area contributed by atoms with Gasteiger partial charge in [-0.05, 0) is 105 Å². The van der Waals surface area contributed by atoms with Crippen molar-refractivity contribution in [2.24, 2.45) is 18.4 Å². The van der Waals surface area contributed by atoms with E-state index < -0.39 is 0 Å². The van der Waals surface area contributed by atoms with Crippen LogP contribution in [0.25, 0.3) is 32.9 Å². The quantitative estimate of drug-likeness (QED) is 0.0568. The molecular formula is C51H69N5O6. The molecule has 1 amide bonds. The molecule has 7 rings (SSSR count). The number of amides is 1. The van der Waals surface area contributed by atoms with E-state index in [1.165, 1.54) is 41.3 Å². The smallest absolute Gasteiger partial charge is 0.222 e. The third-order valence-corrected chi connectivity index (χ3v) is 12.3. The summed E-state index contributed by atoms with van der Waals surface area (Å²) in [4.78, 5) is 43.7. The van der Waals surface area contributed by atoms with Crippen molar-refractivity contribution in [1.82, 2.24) is 24.8 Å². The maximum Gasteiger partial charge on any atom is 0.222 e. The number of aldehydes is 2. The molecular weight excluding hydrogens is 779 g/mol. The van der Waals surface area contributed by atoms with Crippen LogP contribution in [0.3, 0.4) is 0 Å². The predicted octanol–water partition coefficient (Wildman–Crippen LogP) is 9.99. The van der Waals surface area contributed by atoms with Gasteiger partial charge in [0.05, 0.1) is 12.1 Å². The first kappa shape index (κ1) is 47.9. The zero-order valence-corrected chi connectivity index (χ0v) is 38.2. The van der Waals surface area contributed by atoms with E-state index in [0.29, 0.717) is 36.7 Å². The zero-order valence-electron chi connectivity index (χ0n) is 38.2. The normalized spacial score (nSPS) is 15.3. The molecule has 0 radical (unpaired) electrons. The molecule has 1 aliphatic heterocycles. The minimum atomic E-state index is -0.0461. The van der Waals surface area contributed by atoms with Crippen molar-refractivity contribution in [3.63, 3.8) is 0 Å². The second-order valence-corrected chi connectivity index (χ2v) is 16.8. The number of likely N-dealkylation sites (tertiary alicyclic amines) is 1. The number of nitrogens with zero attached hydrogens (tertiary/aromatic N) is 4. The molecule has 5 aromatic rings. The molecule has 11 nitrogen and oxygen atoms in total. The molecule has 2 atom stereocenters. The van der Waals surface area contributed by atoms with Gasteiger partial charge in [-0.15, -0.1) is 0 Å². The Hall–Kier alpha value is -5.13. The van der Waals surface area contributed by atoms with Crippen LogP contribution in [-0.4, -0.2) is 90.5 Å². The maximum absolute atomic E-state index is 11.5. The summed E-state index contributed by atoms with van der Waals surface area (Å²) in [6, 6.07) is 18.7. The lowest BCUT2D eigenvalue weighted by Gasteiger charge is -2.58. The van der Waals surface area contributed by atoms with Gasteiger partial charge in [0, 0.05) is 110 Å². The Morgan fingerprint density at radius 1 is 0.903 bits per heavy atom. The van der Waals surface area contributed by atoms with Gasteiger partial charge in [-0.25, -0.2) is 4.98 Å². The Kier molecular flexibility index (Phi) is 18.5. The minimum absolute atomic E-state index is 0.00171. The molecule has 1 saturated carbocycles. The molecule has 3 aromatic heterocycles. The first-order valence-electron chi connectivity index (χ1n) is 22.8. The standard InChI is InChI=1S/C42H50N4O4.C7H13NO2.C2H6/c1-4-30(2)36-13-11-34(21-33(36)27-47)49-20-8-7-19-48-18-6-5-17-46-28-42(29-46)23-35(24-42)50-41-14-10-32(25-44-41)31-9-12-37-38-26-43-16-15-39(38)45(3)40(37)22-31;1-6(4-3-5-9)7(10)8-2;1-2/h9-16,21-22,25-27,30,35H,4-8,17-20,23-24,28-29H2,1-3H3;5-6H,3-4H2,1-2H3,(H,8,10);1-2H3. The number of nitrogens with one attached hydrogen (secondary N) is 1. The van der Waals surface area contributed by atoms with E-state index in [9.17, 15) is 14.4 Å². The highest BCUT2D eigenvalue weighted by molar-refractivity contribution is 6.08. The lowest BCUT2D eigenvalue weighted by atomic mass is 9.61. The van der Waals surface area contributed by atoms with Gasteiger partial charge in [-0.1, -0.05) is 52.8 Å².